The normalized spacial score (nSPS) is 15.3. The Balaban J connectivity index is 1.75. The zero-order valence-electron chi connectivity index (χ0n) is 16.9. The fourth-order valence-electron chi connectivity index (χ4n) is 3.93. The Morgan fingerprint density at radius 3 is 2.24 bits per heavy atom. The van der Waals surface area contributed by atoms with E-state index in [0.717, 1.165) is 28.9 Å². The number of carbonyl (C=O) groups is 3. The summed E-state index contributed by atoms with van der Waals surface area (Å²) in [6.07, 6.45) is 2.69. The molecule has 2 aromatic rings. The van der Waals surface area contributed by atoms with Gasteiger partial charge in [0.05, 0.1) is 0 Å². The number of hydrogen-bond acceptors (Lipinski definition) is 3. The van der Waals surface area contributed by atoms with Crippen LogP contribution in [0, 0.1) is 0 Å². The van der Waals surface area contributed by atoms with Crippen LogP contribution in [0.2, 0.25) is 0 Å². The number of para-hydroxylation sites is 1. The maximum absolute atomic E-state index is 13.0. The maximum Gasteiger partial charge on any atom is 0.325 e. The zero-order chi connectivity index (χ0) is 20.9. The number of urea groups is 1. The van der Waals surface area contributed by atoms with Gasteiger partial charge in [0.25, 0.3) is 5.91 Å². The molecule has 0 spiro atoms. The van der Waals surface area contributed by atoms with Crippen LogP contribution in [-0.4, -0.2) is 34.8 Å². The maximum atomic E-state index is 13.0. The Bertz CT molecular complexity index is 889. The van der Waals surface area contributed by atoms with Crippen molar-refractivity contribution in [1.82, 2.24) is 10.2 Å². The smallest absolute Gasteiger partial charge is 0.324 e. The van der Waals surface area contributed by atoms with Crippen LogP contribution in [0.3, 0.4) is 0 Å². The van der Waals surface area contributed by atoms with Crippen LogP contribution in [0.1, 0.15) is 39.5 Å². The van der Waals surface area contributed by atoms with Crippen molar-refractivity contribution in [2.75, 3.05) is 11.9 Å². The molecule has 2 aromatic carbocycles. The summed E-state index contributed by atoms with van der Waals surface area (Å²) in [5.41, 5.74) is 1.61. The van der Waals surface area contributed by atoms with Crippen molar-refractivity contribution >= 4 is 23.5 Å². The molecule has 29 heavy (non-hydrogen) atoms. The third-order valence-electron chi connectivity index (χ3n) is 5.19. The minimum atomic E-state index is -0.886. The number of benzene rings is 2. The molecule has 0 radical (unpaired) electrons. The molecule has 1 saturated heterocycles. The first kappa shape index (κ1) is 20.6. The lowest BCUT2D eigenvalue weighted by molar-refractivity contribution is -0.134. The lowest BCUT2D eigenvalue weighted by Gasteiger charge is -2.25. The van der Waals surface area contributed by atoms with Gasteiger partial charge in [-0.05, 0) is 24.5 Å². The summed E-state index contributed by atoms with van der Waals surface area (Å²) in [5, 5.41) is 5.69. The molecule has 3 rings (SSSR count). The van der Waals surface area contributed by atoms with Crippen molar-refractivity contribution in [3.8, 4) is 11.1 Å². The lowest BCUT2D eigenvalue weighted by Crippen LogP contribution is -2.47. The Morgan fingerprint density at radius 2 is 1.59 bits per heavy atom. The topological polar surface area (TPSA) is 78.5 Å². The summed E-state index contributed by atoms with van der Waals surface area (Å²) >= 11 is 0. The van der Waals surface area contributed by atoms with Gasteiger partial charge in [-0.15, -0.1) is 0 Å². The van der Waals surface area contributed by atoms with E-state index in [0.29, 0.717) is 18.5 Å². The van der Waals surface area contributed by atoms with Gasteiger partial charge >= 0.3 is 6.03 Å². The number of anilines is 1. The van der Waals surface area contributed by atoms with Crippen LogP contribution in [0.5, 0.6) is 0 Å². The summed E-state index contributed by atoms with van der Waals surface area (Å²) in [6, 6.07) is 16.7. The number of nitrogens with one attached hydrogen (secondary N) is 2. The first-order valence-electron chi connectivity index (χ1n) is 10.1. The van der Waals surface area contributed by atoms with Crippen molar-refractivity contribution in [3.05, 3.63) is 54.6 Å². The standard InChI is InChI=1S/C23H27N3O3/c1-3-14-23(15-4-2)21(28)26(22(29)25-23)16-20(27)24-19-13-9-8-12-18(19)17-10-6-5-7-11-17/h5-13H,3-4,14-16H2,1-2H3,(H,24,27)(H,25,29). The highest BCUT2D eigenvalue weighted by atomic mass is 16.2. The molecule has 6 heteroatoms. The van der Waals surface area contributed by atoms with E-state index in [1.165, 1.54) is 0 Å². The van der Waals surface area contributed by atoms with Crippen molar-refractivity contribution in [3.63, 3.8) is 0 Å². The average molecular weight is 393 g/mol. The quantitative estimate of drug-likeness (QED) is 0.660. The van der Waals surface area contributed by atoms with E-state index in [1.54, 1.807) is 0 Å². The van der Waals surface area contributed by atoms with Crippen LogP contribution in [0.15, 0.2) is 54.6 Å². The number of nitrogens with zero attached hydrogens (tertiary/aromatic N) is 1. The molecule has 1 fully saturated rings. The Labute approximate surface area is 171 Å². The van der Waals surface area contributed by atoms with Crippen molar-refractivity contribution in [2.45, 2.75) is 45.1 Å². The van der Waals surface area contributed by atoms with E-state index in [2.05, 4.69) is 10.6 Å². The molecule has 4 amide bonds. The first-order chi connectivity index (χ1) is 14.0. The van der Waals surface area contributed by atoms with E-state index in [9.17, 15) is 14.4 Å². The zero-order valence-corrected chi connectivity index (χ0v) is 16.9. The molecule has 0 aromatic heterocycles. The fourth-order valence-corrected chi connectivity index (χ4v) is 3.93. The number of hydrogen-bond donors (Lipinski definition) is 2. The molecule has 1 aliphatic rings. The second-order valence-corrected chi connectivity index (χ2v) is 7.36. The Hall–Kier alpha value is -3.15. The highest BCUT2D eigenvalue weighted by Gasteiger charge is 2.50. The van der Waals surface area contributed by atoms with Crippen molar-refractivity contribution in [2.24, 2.45) is 0 Å². The molecule has 0 aliphatic carbocycles. The molecule has 152 valence electrons. The van der Waals surface area contributed by atoms with E-state index in [-0.39, 0.29) is 12.5 Å². The van der Waals surface area contributed by atoms with Crippen molar-refractivity contribution < 1.29 is 14.4 Å². The molecule has 1 aliphatic heterocycles. The number of rotatable bonds is 8. The highest BCUT2D eigenvalue weighted by molar-refractivity contribution is 6.10. The van der Waals surface area contributed by atoms with Gasteiger partial charge in [0, 0.05) is 11.3 Å². The van der Waals surface area contributed by atoms with Crippen LogP contribution in [0.25, 0.3) is 11.1 Å². The molecule has 2 N–H and O–H groups in total. The average Bonchev–Trinajstić information content (AvgIpc) is 2.94. The fraction of sp³-hybridized carbons (Fsp3) is 0.348. The molecule has 0 bridgehead atoms. The van der Waals surface area contributed by atoms with Crippen LogP contribution >= 0.6 is 0 Å². The molecule has 0 saturated carbocycles. The van der Waals surface area contributed by atoms with E-state index in [4.69, 9.17) is 0 Å². The number of amides is 4. The summed E-state index contributed by atoms with van der Waals surface area (Å²) in [7, 11) is 0. The Morgan fingerprint density at radius 1 is 0.966 bits per heavy atom. The van der Waals surface area contributed by atoms with Gasteiger partial charge in [0.2, 0.25) is 5.91 Å². The Kier molecular flexibility index (Phi) is 6.32. The van der Waals surface area contributed by atoms with Crippen LogP contribution in [0.4, 0.5) is 10.5 Å². The minimum Gasteiger partial charge on any atom is -0.324 e. The van der Waals surface area contributed by atoms with Gasteiger partial charge in [-0.25, -0.2) is 4.79 Å². The summed E-state index contributed by atoms with van der Waals surface area (Å²) < 4.78 is 0. The van der Waals surface area contributed by atoms with Gasteiger partial charge in [0.15, 0.2) is 0 Å². The van der Waals surface area contributed by atoms with Crippen LogP contribution in [-0.2, 0) is 9.59 Å². The predicted octanol–water partition coefficient (Wildman–Crippen LogP) is 4.18. The largest absolute Gasteiger partial charge is 0.325 e. The van der Waals surface area contributed by atoms with Gasteiger partial charge in [-0.3, -0.25) is 14.5 Å². The minimum absolute atomic E-state index is 0.303. The van der Waals surface area contributed by atoms with Gasteiger partial charge in [0.1, 0.15) is 12.1 Å². The number of carbonyl (C=O) groups excluding carboxylic acids is 3. The van der Waals surface area contributed by atoms with Gasteiger partial charge in [-0.2, -0.15) is 0 Å². The molecule has 1 heterocycles. The van der Waals surface area contributed by atoms with Crippen molar-refractivity contribution in [1.29, 1.82) is 0 Å². The molecular formula is C23H27N3O3. The highest BCUT2D eigenvalue weighted by Crippen LogP contribution is 2.29. The molecule has 6 nitrogen and oxygen atoms in total. The van der Waals surface area contributed by atoms with Crippen LogP contribution < -0.4 is 10.6 Å². The summed E-state index contributed by atoms with van der Waals surface area (Å²) in [6.45, 7) is 3.66. The first-order valence-corrected chi connectivity index (χ1v) is 10.1. The molecular weight excluding hydrogens is 366 g/mol. The summed E-state index contributed by atoms with van der Waals surface area (Å²) in [5.74, 6) is -0.710. The van der Waals surface area contributed by atoms with Gasteiger partial charge < -0.3 is 10.6 Å². The SMILES string of the molecule is CCCC1(CCC)NC(=O)N(CC(=O)Nc2ccccc2-c2ccccc2)C1=O. The van der Waals surface area contributed by atoms with E-state index >= 15 is 0 Å². The van der Waals surface area contributed by atoms with Gasteiger partial charge in [-0.1, -0.05) is 75.2 Å². The number of imide groups is 1. The molecule has 0 unspecified atom stereocenters. The summed E-state index contributed by atoms with van der Waals surface area (Å²) in [4.78, 5) is 39.1. The second-order valence-electron chi connectivity index (χ2n) is 7.36. The molecule has 0 atom stereocenters. The third kappa shape index (κ3) is 4.31. The third-order valence-corrected chi connectivity index (χ3v) is 5.19. The lowest BCUT2D eigenvalue weighted by atomic mass is 9.88. The monoisotopic (exact) mass is 393 g/mol. The van der Waals surface area contributed by atoms with E-state index < -0.39 is 17.5 Å². The van der Waals surface area contributed by atoms with E-state index in [1.807, 2.05) is 68.4 Å². The predicted molar refractivity (Wildman–Crippen MR) is 113 cm³/mol. The second kappa shape index (κ2) is 8.90.